The SMILES string of the molecule is [2H]C([2H])([2H])c1nc2c(ccc3c4cccc(-c5cc(-c6c(C)cccc6C)c(C([2H])(C)C)cn5)c4oc32)s1. The molecule has 0 N–H and O–H groups in total. The number of thiazole rings is 1. The zero-order valence-corrected chi connectivity index (χ0v) is 20.3. The molecule has 0 radical (unpaired) electrons. The number of aromatic nitrogens is 2. The van der Waals surface area contributed by atoms with Crippen LogP contribution < -0.4 is 0 Å². The van der Waals surface area contributed by atoms with Crippen LogP contribution in [0.3, 0.4) is 0 Å². The highest BCUT2D eigenvalue weighted by Crippen LogP contribution is 2.41. The van der Waals surface area contributed by atoms with Crippen molar-refractivity contribution in [2.24, 2.45) is 0 Å². The highest BCUT2D eigenvalue weighted by Gasteiger charge is 2.19. The van der Waals surface area contributed by atoms with Crippen LogP contribution in [0.4, 0.5) is 0 Å². The minimum Gasteiger partial charge on any atom is -0.453 e. The molecule has 0 saturated carbocycles. The summed E-state index contributed by atoms with van der Waals surface area (Å²) in [4.78, 5) is 9.26. The van der Waals surface area contributed by atoms with Gasteiger partial charge in [0.15, 0.2) is 5.58 Å². The average Bonchev–Trinajstić information content (AvgIpc) is 3.45. The third-order valence-corrected chi connectivity index (χ3v) is 7.33. The molecule has 0 amide bonds. The van der Waals surface area contributed by atoms with Crippen LogP contribution in [0, 0.1) is 20.7 Å². The Bertz CT molecular complexity index is 1860. The van der Waals surface area contributed by atoms with E-state index < -0.39 is 12.7 Å². The maximum atomic E-state index is 8.80. The van der Waals surface area contributed by atoms with Crippen molar-refractivity contribution in [2.45, 2.75) is 40.4 Å². The van der Waals surface area contributed by atoms with Crippen LogP contribution in [0.25, 0.3) is 54.5 Å². The van der Waals surface area contributed by atoms with Crippen LogP contribution in [0.1, 0.15) is 46.9 Å². The number of hydrogen-bond donors (Lipinski definition) is 0. The van der Waals surface area contributed by atoms with E-state index in [2.05, 4.69) is 37.0 Å². The number of para-hydroxylation sites is 1. The maximum absolute atomic E-state index is 8.80. The fraction of sp³-hybridized carbons (Fsp3) is 0.200. The molecule has 0 fully saturated rings. The van der Waals surface area contributed by atoms with Crippen LogP contribution >= 0.6 is 11.3 Å². The smallest absolute Gasteiger partial charge is 0.162 e. The van der Waals surface area contributed by atoms with E-state index in [4.69, 9.17) is 14.9 Å². The molecule has 6 rings (SSSR count). The Hall–Kier alpha value is -3.50. The van der Waals surface area contributed by atoms with E-state index in [1.807, 2.05) is 56.4 Å². The van der Waals surface area contributed by atoms with Crippen molar-refractivity contribution in [1.82, 2.24) is 9.97 Å². The summed E-state index contributed by atoms with van der Waals surface area (Å²) in [5.41, 5.74) is 8.65. The van der Waals surface area contributed by atoms with E-state index in [0.29, 0.717) is 16.7 Å². The Labute approximate surface area is 208 Å². The lowest BCUT2D eigenvalue weighted by Crippen LogP contribution is -1.99. The van der Waals surface area contributed by atoms with Crippen molar-refractivity contribution in [3.05, 3.63) is 82.5 Å². The second-order valence-electron chi connectivity index (χ2n) is 8.97. The molecule has 0 spiro atoms. The molecule has 0 aliphatic heterocycles. The first-order valence-electron chi connectivity index (χ1n) is 13.3. The molecular formula is C30H26N2OS. The monoisotopic (exact) mass is 466 g/mol. The number of furan rings is 1. The Morgan fingerprint density at radius 3 is 2.47 bits per heavy atom. The fourth-order valence-corrected chi connectivity index (χ4v) is 5.61. The van der Waals surface area contributed by atoms with E-state index in [-0.39, 0.29) is 5.01 Å². The third-order valence-electron chi connectivity index (χ3n) is 6.49. The summed E-state index contributed by atoms with van der Waals surface area (Å²) in [6.45, 7) is 5.68. The molecule has 0 unspecified atom stereocenters. The van der Waals surface area contributed by atoms with Crippen molar-refractivity contribution >= 4 is 43.5 Å². The molecule has 4 heteroatoms. The van der Waals surface area contributed by atoms with Gasteiger partial charge < -0.3 is 4.42 Å². The van der Waals surface area contributed by atoms with Crippen LogP contribution in [0.5, 0.6) is 0 Å². The summed E-state index contributed by atoms with van der Waals surface area (Å²) in [6.07, 6.45) is 1.81. The Kier molecular flexibility index (Phi) is 3.89. The number of fused-ring (bicyclic) bond motifs is 5. The van der Waals surface area contributed by atoms with Gasteiger partial charge in [-0.05, 0) is 78.7 Å². The van der Waals surface area contributed by atoms with Gasteiger partial charge in [-0.3, -0.25) is 4.98 Å². The number of rotatable bonds is 3. The molecule has 34 heavy (non-hydrogen) atoms. The number of benzene rings is 3. The summed E-state index contributed by atoms with van der Waals surface area (Å²) in [7, 11) is 0. The van der Waals surface area contributed by atoms with Gasteiger partial charge in [-0.1, -0.05) is 44.2 Å². The molecule has 168 valence electrons. The molecule has 3 aromatic carbocycles. The summed E-state index contributed by atoms with van der Waals surface area (Å²) >= 11 is 1.17. The zero-order valence-electron chi connectivity index (χ0n) is 23.5. The van der Waals surface area contributed by atoms with E-state index in [9.17, 15) is 0 Å². The van der Waals surface area contributed by atoms with Crippen molar-refractivity contribution in [2.75, 3.05) is 0 Å². The lowest BCUT2D eigenvalue weighted by molar-refractivity contribution is 0.672. The fourth-order valence-electron chi connectivity index (χ4n) is 4.90. The second kappa shape index (κ2) is 7.78. The number of nitrogens with zero attached hydrogens (tertiary/aromatic N) is 2. The minimum atomic E-state index is -2.27. The Balaban J connectivity index is 1.62. The van der Waals surface area contributed by atoms with Crippen LogP contribution in [0.15, 0.2) is 65.2 Å². The van der Waals surface area contributed by atoms with Gasteiger partial charge in [0.05, 0.1) is 15.4 Å². The predicted molar refractivity (Wildman–Crippen MR) is 144 cm³/mol. The van der Waals surface area contributed by atoms with Crippen LogP contribution in [-0.4, -0.2) is 9.97 Å². The molecule has 3 nitrogen and oxygen atoms in total. The molecular weight excluding hydrogens is 436 g/mol. The Morgan fingerprint density at radius 2 is 1.71 bits per heavy atom. The van der Waals surface area contributed by atoms with Gasteiger partial charge in [0.2, 0.25) is 0 Å². The average molecular weight is 467 g/mol. The molecule has 0 saturated heterocycles. The molecule has 0 aliphatic carbocycles. The van der Waals surface area contributed by atoms with E-state index in [0.717, 1.165) is 54.5 Å². The highest BCUT2D eigenvalue weighted by atomic mass is 32.1. The maximum Gasteiger partial charge on any atom is 0.162 e. The summed E-state index contributed by atoms with van der Waals surface area (Å²) in [5.74, 6) is -0.836. The summed E-state index contributed by atoms with van der Waals surface area (Å²) < 4.78 is 39.4. The first-order chi connectivity index (χ1) is 17.9. The zero-order chi connectivity index (χ0) is 27.0. The van der Waals surface area contributed by atoms with Gasteiger partial charge in [-0.25, -0.2) is 4.98 Å². The minimum absolute atomic E-state index is 0.106. The van der Waals surface area contributed by atoms with E-state index in [1.165, 1.54) is 11.3 Å². The summed E-state index contributed by atoms with van der Waals surface area (Å²) in [6, 6.07) is 18.1. The first-order valence-corrected chi connectivity index (χ1v) is 12.1. The van der Waals surface area contributed by atoms with Crippen LogP contribution in [-0.2, 0) is 0 Å². The Morgan fingerprint density at radius 1 is 0.941 bits per heavy atom. The lowest BCUT2D eigenvalue weighted by Gasteiger charge is -2.18. The van der Waals surface area contributed by atoms with Gasteiger partial charge in [0, 0.05) is 28.0 Å². The van der Waals surface area contributed by atoms with Gasteiger partial charge >= 0.3 is 0 Å². The van der Waals surface area contributed by atoms with Gasteiger partial charge in [-0.15, -0.1) is 11.3 Å². The second-order valence-corrected chi connectivity index (χ2v) is 10.0. The quantitative estimate of drug-likeness (QED) is 0.261. The van der Waals surface area contributed by atoms with Crippen LogP contribution in [0.2, 0.25) is 0 Å². The summed E-state index contributed by atoms with van der Waals surface area (Å²) in [5, 5.41) is 1.91. The van der Waals surface area contributed by atoms with Crippen molar-refractivity contribution in [1.29, 1.82) is 0 Å². The number of pyridine rings is 1. The van der Waals surface area contributed by atoms with Gasteiger partial charge in [0.1, 0.15) is 11.1 Å². The third kappa shape index (κ3) is 3.17. The van der Waals surface area contributed by atoms with Crippen molar-refractivity contribution in [3.8, 4) is 22.4 Å². The topological polar surface area (TPSA) is 38.9 Å². The van der Waals surface area contributed by atoms with Crippen molar-refractivity contribution in [3.63, 3.8) is 0 Å². The largest absolute Gasteiger partial charge is 0.453 e. The number of aryl methyl sites for hydroxylation is 3. The van der Waals surface area contributed by atoms with Gasteiger partial charge in [-0.2, -0.15) is 0 Å². The van der Waals surface area contributed by atoms with Crippen molar-refractivity contribution < 1.29 is 9.90 Å². The predicted octanol–water partition coefficient (Wildman–Crippen LogP) is 8.97. The molecule has 3 heterocycles. The lowest BCUT2D eigenvalue weighted by atomic mass is 9.88. The first kappa shape index (κ1) is 17.0. The standard InChI is InChI=1S/C30H26N2OS/c1-16(2)24-15-31-25(14-23(24)27-17(3)8-6-9-18(27)4)22-11-7-10-20-21-12-13-26-28(32-19(5)34-26)30(21)33-29(20)22/h6-16H,1-5H3/i5D3,16D. The van der Waals surface area contributed by atoms with E-state index in [1.54, 1.807) is 0 Å². The molecule has 0 atom stereocenters. The number of hydrogen-bond acceptors (Lipinski definition) is 4. The molecule has 0 bridgehead atoms. The molecule has 6 aromatic rings. The normalized spacial score (nSPS) is 14.4. The van der Waals surface area contributed by atoms with Gasteiger partial charge in [0.25, 0.3) is 0 Å². The highest BCUT2D eigenvalue weighted by molar-refractivity contribution is 7.18. The molecule has 0 aliphatic rings. The molecule has 3 aromatic heterocycles. The van der Waals surface area contributed by atoms with E-state index >= 15 is 0 Å².